The number of nitrogen functional groups attached to an aromatic ring is 1. The quantitative estimate of drug-likeness (QED) is 0.769. The normalized spacial score (nSPS) is 17.1. The molecule has 3 N–H and O–H groups in total. The van der Waals surface area contributed by atoms with Crippen molar-refractivity contribution in [2.45, 2.75) is 17.7 Å². The summed E-state index contributed by atoms with van der Waals surface area (Å²) in [7, 11) is -3.43. The Balaban J connectivity index is 1.90. The minimum absolute atomic E-state index is 0.226. The van der Waals surface area contributed by atoms with Crippen LogP contribution >= 0.6 is 0 Å². The molecule has 1 heterocycles. The highest BCUT2D eigenvalue weighted by molar-refractivity contribution is 7.89. The lowest BCUT2D eigenvalue weighted by atomic mass is 10.3. The number of hydrogen-bond donors (Lipinski definition) is 2. The van der Waals surface area contributed by atoms with Crippen molar-refractivity contribution in [2.24, 2.45) is 0 Å². The molecule has 1 fully saturated rings. The molecule has 2 rings (SSSR count). The molecule has 5 nitrogen and oxygen atoms in total. The second-order valence-corrected chi connectivity index (χ2v) is 6.29. The van der Waals surface area contributed by atoms with Crippen LogP contribution in [0.4, 0.5) is 5.69 Å². The van der Waals surface area contributed by atoms with Gasteiger partial charge in [-0.1, -0.05) is 6.07 Å². The number of anilines is 1. The first-order chi connectivity index (χ1) is 8.58. The van der Waals surface area contributed by atoms with Crippen LogP contribution in [0.1, 0.15) is 12.8 Å². The second-order valence-electron chi connectivity index (χ2n) is 4.52. The molecule has 1 aliphatic heterocycles. The van der Waals surface area contributed by atoms with Crippen LogP contribution in [0.15, 0.2) is 29.2 Å². The number of nitrogens with zero attached hydrogens (tertiary/aromatic N) is 1. The van der Waals surface area contributed by atoms with E-state index in [2.05, 4.69) is 9.62 Å². The van der Waals surface area contributed by atoms with E-state index in [-0.39, 0.29) is 4.90 Å². The summed E-state index contributed by atoms with van der Waals surface area (Å²) in [5, 5.41) is 0. The fourth-order valence-electron chi connectivity index (χ4n) is 2.11. The van der Waals surface area contributed by atoms with Gasteiger partial charge in [0.1, 0.15) is 0 Å². The highest BCUT2D eigenvalue weighted by atomic mass is 32.2. The van der Waals surface area contributed by atoms with E-state index < -0.39 is 10.0 Å². The maximum absolute atomic E-state index is 12.0. The molecule has 0 unspecified atom stereocenters. The van der Waals surface area contributed by atoms with E-state index in [0.717, 1.165) is 19.6 Å². The molecule has 1 aromatic carbocycles. The van der Waals surface area contributed by atoms with Crippen LogP contribution in [0.25, 0.3) is 0 Å². The van der Waals surface area contributed by atoms with Crippen molar-refractivity contribution in [3.63, 3.8) is 0 Å². The highest BCUT2D eigenvalue weighted by Crippen LogP contribution is 2.12. The average molecular weight is 269 g/mol. The Labute approximate surface area is 108 Å². The van der Waals surface area contributed by atoms with Gasteiger partial charge in [0.15, 0.2) is 0 Å². The predicted molar refractivity (Wildman–Crippen MR) is 71.7 cm³/mol. The monoisotopic (exact) mass is 269 g/mol. The van der Waals surface area contributed by atoms with Crippen LogP contribution in [-0.4, -0.2) is 39.5 Å². The molecule has 0 bridgehead atoms. The Morgan fingerprint density at radius 3 is 2.67 bits per heavy atom. The van der Waals surface area contributed by atoms with Crippen LogP contribution in [0.5, 0.6) is 0 Å². The van der Waals surface area contributed by atoms with Crippen molar-refractivity contribution >= 4 is 15.7 Å². The summed E-state index contributed by atoms with van der Waals surface area (Å²) in [6.07, 6.45) is 2.42. The second kappa shape index (κ2) is 5.69. The van der Waals surface area contributed by atoms with Gasteiger partial charge in [-0.3, -0.25) is 0 Å². The summed E-state index contributed by atoms with van der Waals surface area (Å²) in [6.45, 7) is 3.35. The molecule has 1 aliphatic rings. The summed E-state index contributed by atoms with van der Waals surface area (Å²) in [5.41, 5.74) is 6.04. The maximum atomic E-state index is 12.0. The van der Waals surface area contributed by atoms with E-state index in [1.165, 1.54) is 18.9 Å². The van der Waals surface area contributed by atoms with Gasteiger partial charge in [0, 0.05) is 18.8 Å². The Kier molecular flexibility index (Phi) is 4.21. The van der Waals surface area contributed by atoms with E-state index in [1.54, 1.807) is 18.2 Å². The Bertz CT molecular complexity index is 496. The molecule has 0 atom stereocenters. The zero-order chi connectivity index (χ0) is 13.0. The SMILES string of the molecule is Nc1cccc(S(=O)(=O)NCCN2CCCC2)c1. The van der Waals surface area contributed by atoms with Crippen LogP contribution in [0.3, 0.4) is 0 Å². The summed E-state index contributed by atoms with van der Waals surface area (Å²) in [5.74, 6) is 0. The molecule has 0 saturated carbocycles. The molecular weight excluding hydrogens is 250 g/mol. The third kappa shape index (κ3) is 3.44. The minimum atomic E-state index is -3.43. The van der Waals surface area contributed by atoms with Gasteiger partial charge in [-0.25, -0.2) is 13.1 Å². The van der Waals surface area contributed by atoms with Crippen molar-refractivity contribution in [2.75, 3.05) is 31.9 Å². The summed E-state index contributed by atoms with van der Waals surface area (Å²) < 4.78 is 26.6. The van der Waals surface area contributed by atoms with Gasteiger partial charge in [0.2, 0.25) is 10.0 Å². The van der Waals surface area contributed by atoms with Crippen molar-refractivity contribution in [1.82, 2.24) is 9.62 Å². The lowest BCUT2D eigenvalue weighted by Gasteiger charge is -2.14. The van der Waals surface area contributed by atoms with E-state index >= 15 is 0 Å². The summed E-state index contributed by atoms with van der Waals surface area (Å²) in [4.78, 5) is 2.49. The van der Waals surface area contributed by atoms with E-state index in [1.807, 2.05) is 0 Å². The van der Waals surface area contributed by atoms with Crippen LogP contribution in [0, 0.1) is 0 Å². The molecule has 0 spiro atoms. The van der Waals surface area contributed by atoms with Crippen molar-refractivity contribution in [1.29, 1.82) is 0 Å². The number of nitrogens with one attached hydrogen (secondary N) is 1. The number of sulfonamides is 1. The molecule has 0 aromatic heterocycles. The first-order valence-electron chi connectivity index (χ1n) is 6.15. The van der Waals surface area contributed by atoms with Crippen LogP contribution in [0.2, 0.25) is 0 Å². The van der Waals surface area contributed by atoms with Gasteiger partial charge < -0.3 is 10.6 Å². The Morgan fingerprint density at radius 2 is 2.00 bits per heavy atom. The smallest absolute Gasteiger partial charge is 0.240 e. The summed E-state index contributed by atoms with van der Waals surface area (Å²) >= 11 is 0. The standard InChI is InChI=1S/C12H19N3O2S/c13-11-4-3-5-12(10-11)18(16,17)14-6-9-15-7-1-2-8-15/h3-5,10,14H,1-2,6-9,13H2. The maximum Gasteiger partial charge on any atom is 0.240 e. The Morgan fingerprint density at radius 1 is 1.28 bits per heavy atom. The third-order valence-corrected chi connectivity index (χ3v) is 4.55. The van der Waals surface area contributed by atoms with Gasteiger partial charge in [0.05, 0.1) is 4.90 Å². The van der Waals surface area contributed by atoms with E-state index in [0.29, 0.717) is 12.2 Å². The number of nitrogens with two attached hydrogens (primary N) is 1. The minimum Gasteiger partial charge on any atom is -0.399 e. The fraction of sp³-hybridized carbons (Fsp3) is 0.500. The zero-order valence-electron chi connectivity index (χ0n) is 10.3. The molecule has 1 saturated heterocycles. The largest absolute Gasteiger partial charge is 0.399 e. The van der Waals surface area contributed by atoms with Gasteiger partial charge in [-0.2, -0.15) is 0 Å². The number of likely N-dealkylation sites (tertiary alicyclic amines) is 1. The highest BCUT2D eigenvalue weighted by Gasteiger charge is 2.15. The van der Waals surface area contributed by atoms with Crippen molar-refractivity contribution < 1.29 is 8.42 Å². The lowest BCUT2D eigenvalue weighted by Crippen LogP contribution is -2.33. The Hall–Kier alpha value is -1.11. The lowest BCUT2D eigenvalue weighted by molar-refractivity contribution is 0.344. The number of rotatable bonds is 5. The predicted octanol–water partition coefficient (Wildman–Crippen LogP) is 0.643. The average Bonchev–Trinajstić information content (AvgIpc) is 2.82. The van der Waals surface area contributed by atoms with Crippen LogP contribution in [-0.2, 0) is 10.0 Å². The van der Waals surface area contributed by atoms with Gasteiger partial charge in [-0.05, 0) is 44.1 Å². The molecule has 0 radical (unpaired) electrons. The van der Waals surface area contributed by atoms with Crippen LogP contribution < -0.4 is 10.5 Å². The summed E-state index contributed by atoms with van der Waals surface area (Å²) in [6, 6.07) is 6.33. The van der Waals surface area contributed by atoms with Crippen molar-refractivity contribution in [3.8, 4) is 0 Å². The van der Waals surface area contributed by atoms with E-state index in [4.69, 9.17) is 5.73 Å². The van der Waals surface area contributed by atoms with Gasteiger partial charge >= 0.3 is 0 Å². The van der Waals surface area contributed by atoms with E-state index in [9.17, 15) is 8.42 Å². The first kappa shape index (κ1) is 13.3. The zero-order valence-corrected chi connectivity index (χ0v) is 11.1. The number of hydrogen-bond acceptors (Lipinski definition) is 4. The molecule has 0 amide bonds. The molecule has 6 heteroatoms. The van der Waals surface area contributed by atoms with Crippen molar-refractivity contribution in [3.05, 3.63) is 24.3 Å². The van der Waals surface area contributed by atoms with Gasteiger partial charge in [-0.15, -0.1) is 0 Å². The topological polar surface area (TPSA) is 75.4 Å². The van der Waals surface area contributed by atoms with Gasteiger partial charge in [0.25, 0.3) is 0 Å². The molecule has 18 heavy (non-hydrogen) atoms. The molecule has 0 aliphatic carbocycles. The third-order valence-electron chi connectivity index (χ3n) is 3.09. The first-order valence-corrected chi connectivity index (χ1v) is 7.64. The molecular formula is C12H19N3O2S. The molecule has 100 valence electrons. The molecule has 1 aromatic rings. The number of benzene rings is 1. The fourth-order valence-corrected chi connectivity index (χ4v) is 3.19.